The summed E-state index contributed by atoms with van der Waals surface area (Å²) < 4.78 is 5.56. The fraction of sp³-hybridized carbons (Fsp3) is 0.400. The molecule has 0 bridgehead atoms. The number of carbonyl (C=O) groups is 2. The molecule has 0 aromatic heterocycles. The molecule has 1 aromatic rings. The number of rotatable bonds is 5. The van der Waals surface area contributed by atoms with Crippen molar-refractivity contribution >= 4 is 11.8 Å². The summed E-state index contributed by atoms with van der Waals surface area (Å²) in [7, 11) is 0. The van der Waals surface area contributed by atoms with Crippen LogP contribution >= 0.6 is 0 Å². The first-order valence-electron chi connectivity index (χ1n) is 7.72. The van der Waals surface area contributed by atoms with Gasteiger partial charge in [-0.15, -0.1) is 0 Å². The summed E-state index contributed by atoms with van der Waals surface area (Å²) >= 11 is 0. The number of hydrogen-bond acceptors (Lipinski definition) is 3. The van der Waals surface area contributed by atoms with E-state index >= 15 is 0 Å². The molecule has 0 saturated heterocycles. The summed E-state index contributed by atoms with van der Waals surface area (Å²) in [5.74, 6) is 5.79. The second-order valence-corrected chi connectivity index (χ2v) is 6.32. The van der Waals surface area contributed by atoms with Gasteiger partial charge < -0.3 is 4.74 Å². The highest BCUT2D eigenvalue weighted by Crippen LogP contribution is 2.23. The smallest absolute Gasteiger partial charge is 0.312 e. The predicted molar refractivity (Wildman–Crippen MR) is 91.6 cm³/mol. The van der Waals surface area contributed by atoms with Crippen molar-refractivity contribution in [3.63, 3.8) is 0 Å². The standard InChI is InChI=1S/C20H24O3/c1-16(21)12-8-5-6-11-15-18(17-13-9-7-10-14-17)23-19(22)20(2,3)4/h7-10,12-14,18H,5-6H2,1-4H3/b12-8+. The van der Waals surface area contributed by atoms with Crippen molar-refractivity contribution in [2.75, 3.05) is 0 Å². The van der Waals surface area contributed by atoms with Gasteiger partial charge in [0.25, 0.3) is 0 Å². The zero-order chi connectivity index (χ0) is 17.3. The second kappa shape index (κ2) is 8.95. The Morgan fingerprint density at radius 1 is 1.22 bits per heavy atom. The molecule has 23 heavy (non-hydrogen) atoms. The molecule has 0 fully saturated rings. The normalized spacial score (nSPS) is 12.3. The van der Waals surface area contributed by atoms with E-state index in [0.717, 1.165) is 5.56 Å². The minimum atomic E-state index is -0.571. The first-order chi connectivity index (χ1) is 10.8. The van der Waals surface area contributed by atoms with Crippen LogP contribution in [0.25, 0.3) is 0 Å². The van der Waals surface area contributed by atoms with Gasteiger partial charge in [0.1, 0.15) is 0 Å². The molecular formula is C20H24O3. The molecule has 1 aromatic carbocycles. The molecule has 0 aliphatic rings. The van der Waals surface area contributed by atoms with Gasteiger partial charge in [-0.05, 0) is 40.2 Å². The Kier molecular flexibility index (Phi) is 7.28. The summed E-state index contributed by atoms with van der Waals surface area (Å²) in [5.41, 5.74) is 0.288. The van der Waals surface area contributed by atoms with Crippen molar-refractivity contribution in [3.8, 4) is 11.8 Å². The third kappa shape index (κ3) is 7.46. The van der Waals surface area contributed by atoms with Crippen molar-refractivity contribution in [1.29, 1.82) is 0 Å². The van der Waals surface area contributed by atoms with E-state index in [1.807, 2.05) is 51.1 Å². The number of ketones is 1. The molecule has 0 N–H and O–H groups in total. The summed E-state index contributed by atoms with van der Waals surface area (Å²) in [6.45, 7) is 6.96. The second-order valence-electron chi connectivity index (χ2n) is 6.32. The minimum Gasteiger partial charge on any atom is -0.444 e. The zero-order valence-electron chi connectivity index (χ0n) is 14.3. The lowest BCUT2D eigenvalue weighted by molar-refractivity contribution is -0.156. The van der Waals surface area contributed by atoms with Crippen molar-refractivity contribution in [1.82, 2.24) is 0 Å². The Balaban J connectivity index is 2.77. The van der Waals surface area contributed by atoms with E-state index in [-0.39, 0.29) is 11.8 Å². The lowest BCUT2D eigenvalue weighted by Crippen LogP contribution is -2.24. The minimum absolute atomic E-state index is 0.0271. The van der Waals surface area contributed by atoms with Crippen LogP contribution in [0.2, 0.25) is 0 Å². The molecule has 122 valence electrons. The highest BCUT2D eigenvalue weighted by atomic mass is 16.5. The molecule has 1 atom stereocenters. The van der Waals surface area contributed by atoms with Crippen molar-refractivity contribution in [2.24, 2.45) is 5.41 Å². The molecule has 0 saturated carbocycles. The van der Waals surface area contributed by atoms with Gasteiger partial charge in [-0.2, -0.15) is 0 Å². The summed E-state index contributed by atoms with van der Waals surface area (Å²) in [5, 5.41) is 0. The molecule has 3 heteroatoms. The molecular weight excluding hydrogens is 288 g/mol. The Labute approximate surface area is 138 Å². The maximum Gasteiger partial charge on any atom is 0.312 e. The van der Waals surface area contributed by atoms with Crippen LogP contribution in [0.3, 0.4) is 0 Å². The van der Waals surface area contributed by atoms with E-state index in [4.69, 9.17) is 4.74 Å². The highest BCUT2D eigenvalue weighted by Gasteiger charge is 2.26. The van der Waals surface area contributed by atoms with Gasteiger partial charge in [0.2, 0.25) is 0 Å². The number of carbonyl (C=O) groups excluding carboxylic acids is 2. The van der Waals surface area contributed by atoms with Crippen molar-refractivity contribution in [3.05, 3.63) is 48.0 Å². The average molecular weight is 312 g/mol. The van der Waals surface area contributed by atoms with E-state index < -0.39 is 11.5 Å². The van der Waals surface area contributed by atoms with Gasteiger partial charge in [-0.1, -0.05) is 48.2 Å². The Morgan fingerprint density at radius 2 is 1.87 bits per heavy atom. The van der Waals surface area contributed by atoms with E-state index in [9.17, 15) is 9.59 Å². The Bertz CT molecular complexity index is 610. The lowest BCUT2D eigenvalue weighted by Gasteiger charge is -2.20. The Hall–Kier alpha value is -2.34. The molecule has 0 aliphatic carbocycles. The number of esters is 1. The van der Waals surface area contributed by atoms with E-state index in [2.05, 4.69) is 11.8 Å². The van der Waals surface area contributed by atoms with Gasteiger partial charge in [0.15, 0.2) is 11.9 Å². The van der Waals surface area contributed by atoms with Gasteiger partial charge in [0, 0.05) is 12.0 Å². The first-order valence-corrected chi connectivity index (χ1v) is 7.72. The van der Waals surface area contributed by atoms with Crippen LogP contribution in [0.1, 0.15) is 52.2 Å². The fourth-order valence-corrected chi connectivity index (χ4v) is 1.66. The van der Waals surface area contributed by atoms with Crippen molar-refractivity contribution in [2.45, 2.75) is 46.6 Å². The topological polar surface area (TPSA) is 43.4 Å². The van der Waals surface area contributed by atoms with Crippen LogP contribution < -0.4 is 0 Å². The quantitative estimate of drug-likeness (QED) is 0.353. The van der Waals surface area contributed by atoms with Crippen LogP contribution in [-0.4, -0.2) is 11.8 Å². The Morgan fingerprint density at radius 3 is 2.43 bits per heavy atom. The third-order valence-electron chi connectivity index (χ3n) is 2.96. The SMILES string of the molecule is CC(=O)/C=C/CCC#CC(OC(=O)C(C)(C)C)c1ccccc1. The van der Waals surface area contributed by atoms with Gasteiger partial charge in [-0.25, -0.2) is 0 Å². The fourth-order valence-electron chi connectivity index (χ4n) is 1.66. The number of benzene rings is 1. The maximum atomic E-state index is 12.1. The molecule has 1 rings (SSSR count). The summed E-state index contributed by atoms with van der Waals surface area (Å²) in [6.07, 6.45) is 4.08. The number of hydrogen-bond donors (Lipinski definition) is 0. The molecule has 0 amide bonds. The van der Waals surface area contributed by atoms with Gasteiger partial charge in [0.05, 0.1) is 5.41 Å². The third-order valence-corrected chi connectivity index (χ3v) is 2.96. The zero-order valence-corrected chi connectivity index (χ0v) is 14.3. The molecule has 1 unspecified atom stereocenters. The lowest BCUT2D eigenvalue weighted by atomic mass is 9.97. The van der Waals surface area contributed by atoms with Crippen LogP contribution in [0.4, 0.5) is 0 Å². The number of allylic oxidation sites excluding steroid dienone is 2. The first kappa shape index (κ1) is 18.7. The van der Waals surface area contributed by atoms with Crippen molar-refractivity contribution < 1.29 is 14.3 Å². The molecule has 3 nitrogen and oxygen atoms in total. The predicted octanol–water partition coefficient (Wildman–Crippen LogP) is 4.25. The van der Waals surface area contributed by atoms with E-state index in [0.29, 0.717) is 12.8 Å². The van der Waals surface area contributed by atoms with Crippen LogP contribution in [0.15, 0.2) is 42.5 Å². The molecule has 0 aliphatic heterocycles. The van der Waals surface area contributed by atoms with E-state index in [1.54, 1.807) is 6.08 Å². The molecule has 0 spiro atoms. The van der Waals surface area contributed by atoms with Crippen LogP contribution in [0.5, 0.6) is 0 Å². The van der Waals surface area contributed by atoms with Crippen LogP contribution in [0, 0.1) is 17.3 Å². The average Bonchev–Trinajstić information content (AvgIpc) is 2.49. The van der Waals surface area contributed by atoms with Gasteiger partial charge in [-0.3, -0.25) is 9.59 Å². The monoisotopic (exact) mass is 312 g/mol. The number of unbranched alkanes of at least 4 members (excludes halogenated alkanes) is 1. The van der Waals surface area contributed by atoms with Crippen LogP contribution in [-0.2, 0) is 14.3 Å². The molecule has 0 heterocycles. The van der Waals surface area contributed by atoms with Gasteiger partial charge >= 0.3 is 5.97 Å². The summed E-state index contributed by atoms with van der Waals surface area (Å²) in [4.78, 5) is 22.9. The highest BCUT2D eigenvalue weighted by molar-refractivity contribution is 5.87. The maximum absolute atomic E-state index is 12.1. The summed E-state index contributed by atoms with van der Waals surface area (Å²) in [6, 6.07) is 9.48. The number of ether oxygens (including phenoxy) is 1. The largest absolute Gasteiger partial charge is 0.444 e. The van der Waals surface area contributed by atoms with E-state index in [1.165, 1.54) is 13.0 Å². The molecule has 0 radical (unpaired) electrons.